The molecule has 0 aliphatic carbocycles. The lowest BCUT2D eigenvalue weighted by Gasteiger charge is -2.31. The number of hydrogen-bond donors (Lipinski definition) is 3. The largest absolute Gasteiger partial charge is 0.407 e. The van der Waals surface area contributed by atoms with E-state index in [2.05, 4.69) is 15.6 Å². The van der Waals surface area contributed by atoms with E-state index >= 15 is 0 Å². The van der Waals surface area contributed by atoms with Gasteiger partial charge in [-0.25, -0.2) is 21.8 Å². The third-order valence-corrected chi connectivity index (χ3v) is 10.8. The summed E-state index contributed by atoms with van der Waals surface area (Å²) >= 11 is 0. The zero-order chi connectivity index (χ0) is 34.6. The first-order valence-corrected chi connectivity index (χ1v) is 18.4. The normalized spacial score (nSPS) is 19.6. The van der Waals surface area contributed by atoms with Gasteiger partial charge in [0.05, 0.1) is 23.1 Å². The Morgan fingerprint density at radius 3 is 2.15 bits per heavy atom. The lowest BCUT2D eigenvalue weighted by atomic mass is 9.97. The number of aliphatic hydroxyl groups is 1. The zero-order valence-electron chi connectivity index (χ0n) is 26.2. The van der Waals surface area contributed by atoms with Gasteiger partial charge >= 0.3 is 6.18 Å². The first-order valence-electron chi connectivity index (χ1n) is 15.1. The molecule has 15 heteroatoms. The lowest BCUT2D eigenvalue weighted by molar-refractivity contribution is -0.161. The molecule has 3 aromatic rings. The second-order valence-electron chi connectivity index (χ2n) is 12.1. The highest BCUT2D eigenvalue weighted by molar-refractivity contribution is 7.90. The molecule has 4 rings (SSSR count). The Hall–Kier alpha value is -3.37. The van der Waals surface area contributed by atoms with Crippen LogP contribution in [0.15, 0.2) is 82.8 Å². The highest BCUT2D eigenvalue weighted by Crippen LogP contribution is 2.35. The van der Waals surface area contributed by atoms with E-state index in [1.165, 1.54) is 54.7 Å². The van der Waals surface area contributed by atoms with Crippen LogP contribution in [0.4, 0.5) is 13.2 Å². The standard InChI is InChI=1S/C32H39F3N4O6S2/c1-21(2)19-27(31(41)38-26-7-6-18-39(20-28(26)40)47(44,45)29-8-4-5-17-36-29)37-30(32(33,34)35)24-11-9-22(10-12-24)23-13-15-25(16-14-23)46(3,42)43/h4-5,8-17,21,26-28,30,37,40H,6-7,18-20H2,1-3H3,(H,38,41)/t26?,27-,28?,30-/m0/s1. The first kappa shape index (κ1) is 36.5. The smallest absolute Gasteiger partial charge is 0.390 e. The molecule has 3 N–H and O–H groups in total. The number of pyridine rings is 1. The Balaban J connectivity index is 1.50. The van der Waals surface area contributed by atoms with Gasteiger partial charge in [-0.2, -0.15) is 17.5 Å². The van der Waals surface area contributed by atoms with E-state index in [4.69, 9.17) is 0 Å². The number of sulfonamides is 1. The molecular formula is C32H39F3N4O6S2. The minimum Gasteiger partial charge on any atom is -0.390 e. The van der Waals surface area contributed by atoms with Gasteiger partial charge in [0.15, 0.2) is 14.9 Å². The average Bonchev–Trinajstić information content (AvgIpc) is 3.20. The van der Waals surface area contributed by atoms with E-state index in [1.54, 1.807) is 32.0 Å². The third kappa shape index (κ3) is 9.38. The number of carbonyl (C=O) groups excluding carboxylic acids is 1. The maximum atomic E-state index is 14.5. The molecular weight excluding hydrogens is 658 g/mol. The maximum absolute atomic E-state index is 14.5. The molecule has 1 amide bonds. The Morgan fingerprint density at radius 2 is 1.62 bits per heavy atom. The van der Waals surface area contributed by atoms with Crippen molar-refractivity contribution in [2.45, 2.75) is 73.4 Å². The fourth-order valence-electron chi connectivity index (χ4n) is 5.47. The topological polar surface area (TPSA) is 146 Å². The Bertz CT molecular complexity index is 1720. The van der Waals surface area contributed by atoms with Crippen LogP contribution in [0.25, 0.3) is 11.1 Å². The van der Waals surface area contributed by atoms with Crippen LogP contribution in [-0.2, 0) is 24.7 Å². The van der Waals surface area contributed by atoms with E-state index in [0.717, 1.165) is 10.6 Å². The molecule has 2 aromatic carbocycles. The molecule has 0 radical (unpaired) electrons. The number of hydrogen-bond acceptors (Lipinski definition) is 8. The zero-order valence-corrected chi connectivity index (χ0v) is 27.8. The minimum absolute atomic E-state index is 0.0617. The summed E-state index contributed by atoms with van der Waals surface area (Å²) in [7, 11) is -7.41. The van der Waals surface area contributed by atoms with Crippen molar-refractivity contribution in [3.05, 3.63) is 78.5 Å². The van der Waals surface area contributed by atoms with Gasteiger partial charge in [-0.3, -0.25) is 10.1 Å². The second kappa shape index (κ2) is 14.8. The Labute approximate surface area is 273 Å². The molecule has 4 atom stereocenters. The summed E-state index contributed by atoms with van der Waals surface area (Å²) in [5, 5.41) is 15.9. The number of β-amino-alcohol motifs (C(OH)–C–C–N with tert-alkyl or cyclic N) is 1. The van der Waals surface area contributed by atoms with Crippen LogP contribution >= 0.6 is 0 Å². The number of carbonyl (C=O) groups is 1. The number of amides is 1. The fraction of sp³-hybridized carbons (Fsp3) is 0.438. The number of halogens is 3. The molecule has 0 saturated carbocycles. The van der Waals surface area contributed by atoms with Gasteiger partial charge in [0, 0.05) is 25.5 Å². The molecule has 1 aliphatic rings. The monoisotopic (exact) mass is 696 g/mol. The summed E-state index contributed by atoms with van der Waals surface area (Å²) in [5.74, 6) is -0.900. The van der Waals surface area contributed by atoms with Crippen LogP contribution < -0.4 is 10.6 Å². The van der Waals surface area contributed by atoms with Crippen LogP contribution in [0.2, 0.25) is 0 Å². The summed E-state index contributed by atoms with van der Waals surface area (Å²) in [5.41, 5.74) is 1.07. The van der Waals surface area contributed by atoms with Crippen LogP contribution in [0.1, 0.15) is 44.7 Å². The quantitative estimate of drug-likeness (QED) is 0.272. The Kier molecular flexibility index (Phi) is 11.5. The van der Waals surface area contributed by atoms with Crippen molar-refractivity contribution in [3.63, 3.8) is 0 Å². The number of rotatable bonds is 11. The molecule has 1 aromatic heterocycles. The fourth-order valence-corrected chi connectivity index (χ4v) is 7.53. The Morgan fingerprint density at radius 1 is 1.00 bits per heavy atom. The molecule has 256 valence electrons. The summed E-state index contributed by atoms with van der Waals surface area (Å²) in [4.78, 5) is 17.5. The summed E-state index contributed by atoms with van der Waals surface area (Å²) in [6.45, 7) is 3.30. The number of aliphatic hydroxyl groups excluding tert-OH is 1. The molecule has 10 nitrogen and oxygen atoms in total. The molecule has 1 fully saturated rings. The number of nitrogens with one attached hydrogen (secondary N) is 2. The van der Waals surface area contributed by atoms with Gasteiger partial charge in [-0.05, 0) is 66.1 Å². The van der Waals surface area contributed by atoms with Crippen LogP contribution in [-0.4, -0.2) is 80.8 Å². The van der Waals surface area contributed by atoms with E-state index < -0.39 is 56.2 Å². The molecule has 1 aliphatic heterocycles. The van der Waals surface area contributed by atoms with Gasteiger partial charge in [0.2, 0.25) is 5.91 Å². The number of alkyl halides is 3. The predicted octanol–water partition coefficient (Wildman–Crippen LogP) is 4.09. The maximum Gasteiger partial charge on any atom is 0.407 e. The third-order valence-electron chi connectivity index (χ3n) is 7.93. The first-order chi connectivity index (χ1) is 22.0. The number of nitrogens with zero attached hydrogens (tertiary/aromatic N) is 2. The molecule has 1 saturated heterocycles. The van der Waals surface area contributed by atoms with Gasteiger partial charge in [0.1, 0.15) is 6.04 Å². The van der Waals surface area contributed by atoms with Crippen LogP contribution in [0, 0.1) is 5.92 Å². The van der Waals surface area contributed by atoms with E-state index in [1.807, 2.05) is 0 Å². The highest BCUT2D eigenvalue weighted by Gasteiger charge is 2.43. The summed E-state index contributed by atoms with van der Waals surface area (Å²) in [6.07, 6.45) is -3.08. The van der Waals surface area contributed by atoms with Crippen molar-refractivity contribution in [1.82, 2.24) is 19.9 Å². The summed E-state index contributed by atoms with van der Waals surface area (Å²) < 4.78 is 94.1. The van der Waals surface area contributed by atoms with Crippen LogP contribution in [0.3, 0.4) is 0 Å². The van der Waals surface area contributed by atoms with Crippen molar-refractivity contribution < 1.29 is 39.9 Å². The van der Waals surface area contributed by atoms with Crippen molar-refractivity contribution in [2.75, 3.05) is 19.3 Å². The van der Waals surface area contributed by atoms with Crippen molar-refractivity contribution in [2.24, 2.45) is 5.92 Å². The van der Waals surface area contributed by atoms with Crippen molar-refractivity contribution in [1.29, 1.82) is 0 Å². The molecule has 0 spiro atoms. The number of aromatic nitrogens is 1. The van der Waals surface area contributed by atoms with Gasteiger partial charge in [0.25, 0.3) is 10.0 Å². The van der Waals surface area contributed by atoms with Crippen molar-refractivity contribution >= 4 is 25.8 Å². The SMILES string of the molecule is CC(C)C[C@H](N[C@@H](c1ccc(-c2ccc(S(C)(=O)=O)cc2)cc1)C(F)(F)F)C(=O)NC1CCCN(S(=O)(=O)c2ccccn2)CC1O. The number of benzene rings is 2. The second-order valence-corrected chi connectivity index (χ2v) is 16.0. The molecule has 0 bridgehead atoms. The lowest BCUT2D eigenvalue weighted by Crippen LogP contribution is -2.54. The van der Waals surface area contributed by atoms with E-state index in [9.17, 15) is 39.9 Å². The van der Waals surface area contributed by atoms with Gasteiger partial charge in [-0.15, -0.1) is 0 Å². The molecule has 47 heavy (non-hydrogen) atoms. The molecule has 2 heterocycles. The van der Waals surface area contributed by atoms with Gasteiger partial charge in [-0.1, -0.05) is 56.3 Å². The van der Waals surface area contributed by atoms with E-state index in [-0.39, 0.29) is 47.3 Å². The summed E-state index contributed by atoms with van der Waals surface area (Å²) in [6, 6.07) is 11.7. The van der Waals surface area contributed by atoms with Gasteiger partial charge < -0.3 is 10.4 Å². The van der Waals surface area contributed by atoms with Crippen molar-refractivity contribution in [3.8, 4) is 11.1 Å². The minimum atomic E-state index is -4.77. The molecule has 2 unspecified atom stereocenters. The highest BCUT2D eigenvalue weighted by atomic mass is 32.2. The number of sulfone groups is 1. The van der Waals surface area contributed by atoms with E-state index in [0.29, 0.717) is 17.5 Å². The predicted molar refractivity (Wildman–Crippen MR) is 170 cm³/mol. The van der Waals surface area contributed by atoms with Crippen LogP contribution in [0.5, 0.6) is 0 Å². The average molecular weight is 697 g/mol.